The molecule has 0 radical (unpaired) electrons. The molecule has 2 amide bonds. The lowest BCUT2D eigenvalue weighted by molar-refractivity contribution is 0.0950. The third kappa shape index (κ3) is 3.71. The van der Waals surface area contributed by atoms with E-state index in [1.165, 1.54) is 0 Å². The maximum absolute atomic E-state index is 13.3. The summed E-state index contributed by atoms with van der Waals surface area (Å²) in [4.78, 5) is 24.0. The summed E-state index contributed by atoms with van der Waals surface area (Å²) in [5, 5.41) is 5.19. The van der Waals surface area contributed by atoms with Gasteiger partial charge in [-0.2, -0.15) is 0 Å². The first-order valence-corrected chi connectivity index (χ1v) is 7.68. The minimum absolute atomic E-state index is 0.168. The number of amides is 2. The van der Waals surface area contributed by atoms with Gasteiger partial charge in [0.05, 0.1) is 10.6 Å². The van der Waals surface area contributed by atoms with Crippen LogP contribution < -0.4 is 10.6 Å². The lowest BCUT2D eigenvalue weighted by Crippen LogP contribution is -2.25. The summed E-state index contributed by atoms with van der Waals surface area (Å²) in [5.74, 6) is -3.12. The lowest BCUT2D eigenvalue weighted by Gasteiger charge is -2.08. The number of hydrogen-bond acceptors (Lipinski definition) is 2. The molecule has 0 saturated heterocycles. The Hall–Kier alpha value is -2.47. The van der Waals surface area contributed by atoms with Crippen molar-refractivity contribution in [3.63, 3.8) is 0 Å². The van der Waals surface area contributed by atoms with Gasteiger partial charge < -0.3 is 10.6 Å². The molecule has 0 unspecified atom stereocenters. The zero-order chi connectivity index (χ0) is 17.3. The fourth-order valence-electron chi connectivity index (χ4n) is 2.10. The molecular weight excluding hydrogens is 338 g/mol. The molecule has 0 heterocycles. The molecule has 1 saturated carbocycles. The van der Waals surface area contributed by atoms with Gasteiger partial charge in [-0.1, -0.05) is 11.6 Å². The maximum Gasteiger partial charge on any atom is 0.257 e. The summed E-state index contributed by atoms with van der Waals surface area (Å²) in [7, 11) is 0. The van der Waals surface area contributed by atoms with Crippen LogP contribution >= 0.6 is 11.6 Å². The Labute approximate surface area is 141 Å². The van der Waals surface area contributed by atoms with Gasteiger partial charge in [0.25, 0.3) is 11.8 Å². The topological polar surface area (TPSA) is 58.2 Å². The summed E-state index contributed by atoms with van der Waals surface area (Å²) in [6, 6.07) is 7.98. The monoisotopic (exact) mass is 350 g/mol. The number of halogens is 3. The predicted molar refractivity (Wildman–Crippen MR) is 86.3 cm³/mol. The molecule has 0 aromatic heterocycles. The fourth-order valence-corrected chi connectivity index (χ4v) is 2.33. The zero-order valence-electron chi connectivity index (χ0n) is 12.4. The van der Waals surface area contributed by atoms with E-state index in [0.29, 0.717) is 11.3 Å². The second-order valence-corrected chi connectivity index (χ2v) is 5.93. The van der Waals surface area contributed by atoms with Crippen LogP contribution in [0.15, 0.2) is 36.4 Å². The van der Waals surface area contributed by atoms with Crippen LogP contribution in [0.4, 0.5) is 14.5 Å². The second kappa shape index (κ2) is 6.57. The highest BCUT2D eigenvalue weighted by atomic mass is 35.5. The Morgan fingerprint density at radius 1 is 1.00 bits per heavy atom. The number of carbonyl (C=O) groups excluding carboxylic acids is 2. The van der Waals surface area contributed by atoms with Gasteiger partial charge in [0.2, 0.25) is 0 Å². The van der Waals surface area contributed by atoms with E-state index in [4.69, 9.17) is 11.6 Å². The van der Waals surface area contributed by atoms with Crippen molar-refractivity contribution < 1.29 is 18.4 Å². The van der Waals surface area contributed by atoms with E-state index in [1.807, 2.05) is 0 Å². The van der Waals surface area contributed by atoms with Crippen molar-refractivity contribution in [3.05, 3.63) is 64.2 Å². The molecule has 0 spiro atoms. The first kappa shape index (κ1) is 16.4. The van der Waals surface area contributed by atoms with E-state index < -0.39 is 17.5 Å². The highest BCUT2D eigenvalue weighted by Crippen LogP contribution is 2.22. The summed E-state index contributed by atoms with van der Waals surface area (Å²) >= 11 is 5.76. The Bertz CT molecular complexity index is 805. The normalized spacial score (nSPS) is 13.5. The van der Waals surface area contributed by atoms with Crippen molar-refractivity contribution in [3.8, 4) is 0 Å². The highest BCUT2D eigenvalue weighted by molar-refractivity contribution is 6.34. The Morgan fingerprint density at radius 3 is 2.25 bits per heavy atom. The first-order chi connectivity index (χ1) is 11.4. The number of hydrogen-bond donors (Lipinski definition) is 2. The molecule has 3 rings (SSSR count). The summed E-state index contributed by atoms with van der Waals surface area (Å²) < 4.78 is 26.3. The van der Waals surface area contributed by atoms with Gasteiger partial charge in [-0.25, -0.2) is 8.78 Å². The SMILES string of the molecule is O=C(NC1CC1)c1ccc(NC(=O)c2cc(F)c(F)cc2Cl)cc1. The molecule has 2 aromatic carbocycles. The van der Waals surface area contributed by atoms with Crippen LogP contribution in [0.2, 0.25) is 5.02 Å². The van der Waals surface area contributed by atoms with Crippen molar-refractivity contribution in [1.29, 1.82) is 0 Å². The third-order valence-corrected chi connectivity index (χ3v) is 3.88. The quantitative estimate of drug-likeness (QED) is 0.825. The number of nitrogens with one attached hydrogen (secondary N) is 2. The number of carbonyl (C=O) groups is 2. The van der Waals surface area contributed by atoms with Crippen molar-refractivity contribution >= 4 is 29.1 Å². The van der Waals surface area contributed by atoms with Crippen LogP contribution in [0.5, 0.6) is 0 Å². The molecule has 2 aromatic rings. The van der Waals surface area contributed by atoms with Crippen LogP contribution in [0.3, 0.4) is 0 Å². The molecule has 0 aliphatic heterocycles. The highest BCUT2D eigenvalue weighted by Gasteiger charge is 2.23. The summed E-state index contributed by atoms with van der Waals surface area (Å²) in [6.07, 6.45) is 1.99. The van der Waals surface area contributed by atoms with Crippen LogP contribution in [0, 0.1) is 11.6 Å². The number of rotatable bonds is 4. The van der Waals surface area contributed by atoms with E-state index in [0.717, 1.165) is 25.0 Å². The molecule has 0 atom stereocenters. The van der Waals surface area contributed by atoms with Crippen LogP contribution in [0.1, 0.15) is 33.6 Å². The van der Waals surface area contributed by atoms with Crippen molar-refractivity contribution in [2.75, 3.05) is 5.32 Å². The van der Waals surface area contributed by atoms with E-state index in [-0.39, 0.29) is 22.5 Å². The predicted octanol–water partition coefficient (Wildman–Crippen LogP) is 3.76. The van der Waals surface area contributed by atoms with Gasteiger partial charge in [-0.15, -0.1) is 0 Å². The van der Waals surface area contributed by atoms with Gasteiger partial charge in [0.1, 0.15) is 0 Å². The smallest absolute Gasteiger partial charge is 0.257 e. The number of anilines is 1. The fraction of sp³-hybridized carbons (Fsp3) is 0.176. The van der Waals surface area contributed by atoms with Crippen LogP contribution in [-0.2, 0) is 0 Å². The van der Waals surface area contributed by atoms with Crippen LogP contribution in [-0.4, -0.2) is 17.9 Å². The Balaban J connectivity index is 1.70. The minimum atomic E-state index is -1.16. The Morgan fingerprint density at radius 2 is 1.62 bits per heavy atom. The van der Waals surface area contributed by atoms with Gasteiger partial charge in [0, 0.05) is 17.3 Å². The first-order valence-electron chi connectivity index (χ1n) is 7.31. The van der Waals surface area contributed by atoms with E-state index in [1.54, 1.807) is 24.3 Å². The van der Waals surface area contributed by atoms with Gasteiger partial charge >= 0.3 is 0 Å². The maximum atomic E-state index is 13.3. The average Bonchev–Trinajstić information content (AvgIpc) is 3.35. The molecule has 4 nitrogen and oxygen atoms in total. The van der Waals surface area contributed by atoms with E-state index >= 15 is 0 Å². The van der Waals surface area contributed by atoms with E-state index in [2.05, 4.69) is 10.6 Å². The zero-order valence-corrected chi connectivity index (χ0v) is 13.2. The molecule has 2 N–H and O–H groups in total. The second-order valence-electron chi connectivity index (χ2n) is 5.53. The van der Waals surface area contributed by atoms with Crippen molar-refractivity contribution in [2.24, 2.45) is 0 Å². The van der Waals surface area contributed by atoms with Crippen LogP contribution in [0.25, 0.3) is 0 Å². The molecular formula is C17H13ClF2N2O2. The molecule has 7 heteroatoms. The van der Waals surface area contributed by atoms with E-state index in [9.17, 15) is 18.4 Å². The molecule has 1 aliphatic carbocycles. The molecule has 1 aliphatic rings. The largest absolute Gasteiger partial charge is 0.349 e. The Kier molecular flexibility index (Phi) is 4.49. The summed E-state index contributed by atoms with van der Waals surface area (Å²) in [6.45, 7) is 0. The van der Waals surface area contributed by atoms with Gasteiger partial charge in [-0.3, -0.25) is 9.59 Å². The summed E-state index contributed by atoms with van der Waals surface area (Å²) in [5.41, 5.74) is 0.709. The molecule has 124 valence electrons. The average molecular weight is 351 g/mol. The molecule has 24 heavy (non-hydrogen) atoms. The van der Waals surface area contributed by atoms with Crippen molar-refractivity contribution in [2.45, 2.75) is 18.9 Å². The molecule has 0 bridgehead atoms. The van der Waals surface area contributed by atoms with Crippen molar-refractivity contribution in [1.82, 2.24) is 5.32 Å². The standard InChI is InChI=1S/C17H13ClF2N2O2/c18-13-8-15(20)14(19)7-12(13)17(24)22-10-3-1-9(2-4-10)16(23)21-11-5-6-11/h1-4,7-8,11H,5-6H2,(H,21,23)(H,22,24). The third-order valence-electron chi connectivity index (χ3n) is 3.57. The van der Waals surface area contributed by atoms with Gasteiger partial charge in [-0.05, 0) is 49.2 Å². The van der Waals surface area contributed by atoms with Gasteiger partial charge in [0.15, 0.2) is 11.6 Å². The number of benzene rings is 2. The lowest BCUT2D eigenvalue weighted by atomic mass is 10.1. The minimum Gasteiger partial charge on any atom is -0.349 e. The molecule has 1 fully saturated rings.